The van der Waals surface area contributed by atoms with Gasteiger partial charge in [0, 0.05) is 0 Å². The monoisotopic (exact) mass is 243 g/mol. The molecule has 0 saturated carbocycles. The lowest BCUT2D eigenvalue weighted by Crippen LogP contribution is -2.31. The van der Waals surface area contributed by atoms with Crippen LogP contribution >= 0.6 is 0 Å². The molecule has 0 aromatic heterocycles. The molecule has 0 aromatic carbocycles. The Bertz CT molecular complexity index is 195. The van der Waals surface area contributed by atoms with E-state index in [1.165, 1.54) is 51.4 Å². The van der Waals surface area contributed by atoms with Crippen LogP contribution in [-0.4, -0.2) is 36.1 Å². The maximum atomic E-state index is 8.43. The van der Waals surface area contributed by atoms with Gasteiger partial charge >= 0.3 is 0 Å². The maximum absolute atomic E-state index is 8.43. The highest BCUT2D eigenvalue weighted by Crippen LogP contribution is 2.08. The lowest BCUT2D eigenvalue weighted by molar-refractivity contribution is 0.308. The number of amidine groups is 1. The second-order valence-electron chi connectivity index (χ2n) is 4.80. The number of hydrogen-bond donors (Lipinski definition) is 2. The third-order valence-corrected chi connectivity index (χ3v) is 2.95. The van der Waals surface area contributed by atoms with Crippen LogP contribution in [0.5, 0.6) is 0 Å². The SMILES string of the molecule is CCCCCCCCCCN(C)CC(N)=NO. The van der Waals surface area contributed by atoms with Crippen molar-refractivity contribution in [2.45, 2.75) is 58.3 Å². The molecule has 0 saturated heterocycles. The Morgan fingerprint density at radius 2 is 1.59 bits per heavy atom. The van der Waals surface area contributed by atoms with E-state index in [1.54, 1.807) is 0 Å². The molecule has 0 radical (unpaired) electrons. The molecule has 0 heterocycles. The van der Waals surface area contributed by atoms with Crippen molar-refractivity contribution < 1.29 is 5.21 Å². The topological polar surface area (TPSA) is 61.8 Å². The number of hydrogen-bond acceptors (Lipinski definition) is 3. The smallest absolute Gasteiger partial charge is 0.153 e. The molecular formula is C13H29N3O. The predicted molar refractivity (Wildman–Crippen MR) is 73.5 cm³/mol. The predicted octanol–water partition coefficient (Wildman–Crippen LogP) is 2.81. The van der Waals surface area contributed by atoms with E-state index < -0.39 is 0 Å². The first-order valence-electron chi connectivity index (χ1n) is 6.85. The van der Waals surface area contributed by atoms with Crippen molar-refractivity contribution in [1.29, 1.82) is 0 Å². The van der Waals surface area contributed by atoms with Crippen LogP contribution in [0.1, 0.15) is 58.3 Å². The van der Waals surface area contributed by atoms with Crippen molar-refractivity contribution in [3.63, 3.8) is 0 Å². The van der Waals surface area contributed by atoms with Gasteiger partial charge in [0.05, 0.1) is 6.54 Å². The second kappa shape index (κ2) is 11.7. The third-order valence-electron chi connectivity index (χ3n) is 2.95. The molecule has 102 valence electrons. The van der Waals surface area contributed by atoms with E-state index in [1.807, 2.05) is 7.05 Å². The van der Waals surface area contributed by atoms with Gasteiger partial charge in [0.1, 0.15) is 0 Å². The summed E-state index contributed by atoms with van der Waals surface area (Å²) in [6.45, 7) is 3.81. The van der Waals surface area contributed by atoms with Crippen LogP contribution in [-0.2, 0) is 0 Å². The van der Waals surface area contributed by atoms with Gasteiger partial charge in [0.15, 0.2) is 5.84 Å². The van der Waals surface area contributed by atoms with Gasteiger partial charge in [-0.2, -0.15) is 0 Å². The van der Waals surface area contributed by atoms with Crippen LogP contribution in [0.25, 0.3) is 0 Å². The molecule has 0 aliphatic heterocycles. The van der Waals surface area contributed by atoms with Gasteiger partial charge in [-0.15, -0.1) is 0 Å². The molecule has 4 heteroatoms. The van der Waals surface area contributed by atoms with Crippen LogP contribution in [0, 0.1) is 0 Å². The minimum Gasteiger partial charge on any atom is -0.409 e. The van der Waals surface area contributed by atoms with Crippen LogP contribution < -0.4 is 5.73 Å². The van der Waals surface area contributed by atoms with Crippen LogP contribution in [0.4, 0.5) is 0 Å². The van der Waals surface area contributed by atoms with E-state index in [0.717, 1.165) is 6.54 Å². The molecule has 0 rings (SSSR count). The highest BCUT2D eigenvalue weighted by atomic mass is 16.4. The molecule has 3 N–H and O–H groups in total. The molecule has 0 fully saturated rings. The molecule has 0 amide bonds. The average Bonchev–Trinajstić information content (AvgIpc) is 2.32. The van der Waals surface area contributed by atoms with Gasteiger partial charge in [-0.25, -0.2) is 0 Å². The fourth-order valence-corrected chi connectivity index (χ4v) is 1.90. The average molecular weight is 243 g/mol. The van der Waals surface area contributed by atoms with Crippen molar-refractivity contribution >= 4 is 5.84 Å². The summed E-state index contributed by atoms with van der Waals surface area (Å²) in [7, 11) is 2.00. The standard InChI is InChI=1S/C13H29N3O/c1-3-4-5-6-7-8-9-10-11-16(2)12-13(14)15-17/h17H,3-12H2,1-2H3,(H2,14,15). The zero-order valence-electron chi connectivity index (χ0n) is 11.5. The van der Waals surface area contributed by atoms with Crippen molar-refractivity contribution in [2.75, 3.05) is 20.1 Å². The Hall–Kier alpha value is -0.770. The Morgan fingerprint density at radius 3 is 2.12 bits per heavy atom. The van der Waals surface area contributed by atoms with Crippen molar-refractivity contribution in [3.05, 3.63) is 0 Å². The van der Waals surface area contributed by atoms with Crippen LogP contribution in [0.15, 0.2) is 5.16 Å². The van der Waals surface area contributed by atoms with Crippen LogP contribution in [0.3, 0.4) is 0 Å². The van der Waals surface area contributed by atoms with Gasteiger partial charge in [-0.1, -0.05) is 57.0 Å². The highest BCUT2D eigenvalue weighted by molar-refractivity contribution is 5.81. The summed E-state index contributed by atoms with van der Waals surface area (Å²) in [4.78, 5) is 2.09. The highest BCUT2D eigenvalue weighted by Gasteiger charge is 2.00. The van der Waals surface area contributed by atoms with Crippen molar-refractivity contribution in [2.24, 2.45) is 10.9 Å². The number of nitrogens with zero attached hydrogens (tertiary/aromatic N) is 2. The Morgan fingerprint density at radius 1 is 1.06 bits per heavy atom. The van der Waals surface area contributed by atoms with E-state index in [2.05, 4.69) is 17.0 Å². The molecule has 4 nitrogen and oxygen atoms in total. The lowest BCUT2D eigenvalue weighted by atomic mass is 10.1. The minimum absolute atomic E-state index is 0.284. The van der Waals surface area contributed by atoms with Gasteiger partial charge < -0.3 is 10.9 Å². The maximum Gasteiger partial charge on any atom is 0.153 e. The fraction of sp³-hybridized carbons (Fsp3) is 0.923. The molecule has 0 aliphatic carbocycles. The molecular weight excluding hydrogens is 214 g/mol. The van der Waals surface area contributed by atoms with Gasteiger partial charge in [-0.05, 0) is 20.0 Å². The molecule has 0 bridgehead atoms. The number of oxime groups is 1. The molecule has 0 aromatic rings. The summed E-state index contributed by atoms with van der Waals surface area (Å²) in [6.07, 6.45) is 10.6. The summed E-state index contributed by atoms with van der Waals surface area (Å²) in [5.41, 5.74) is 5.43. The van der Waals surface area contributed by atoms with E-state index >= 15 is 0 Å². The molecule has 0 aliphatic rings. The first-order valence-corrected chi connectivity index (χ1v) is 6.85. The van der Waals surface area contributed by atoms with Gasteiger partial charge in [0.25, 0.3) is 0 Å². The summed E-state index contributed by atoms with van der Waals surface area (Å²) >= 11 is 0. The fourth-order valence-electron chi connectivity index (χ4n) is 1.90. The summed E-state index contributed by atoms with van der Waals surface area (Å²) < 4.78 is 0. The number of unbranched alkanes of at least 4 members (excludes halogenated alkanes) is 7. The second-order valence-corrected chi connectivity index (χ2v) is 4.80. The van der Waals surface area contributed by atoms with E-state index in [0.29, 0.717) is 6.54 Å². The Labute approximate surface area is 106 Å². The molecule has 0 atom stereocenters. The number of nitrogens with two attached hydrogens (primary N) is 1. The van der Waals surface area contributed by atoms with E-state index in [9.17, 15) is 0 Å². The van der Waals surface area contributed by atoms with E-state index in [-0.39, 0.29) is 5.84 Å². The Balaban J connectivity index is 3.22. The molecule has 0 spiro atoms. The van der Waals surface area contributed by atoms with Gasteiger partial charge in [0.2, 0.25) is 0 Å². The zero-order chi connectivity index (χ0) is 12.9. The van der Waals surface area contributed by atoms with Gasteiger partial charge in [-0.3, -0.25) is 4.90 Å². The first-order chi connectivity index (χ1) is 8.20. The zero-order valence-corrected chi connectivity index (χ0v) is 11.5. The van der Waals surface area contributed by atoms with Crippen molar-refractivity contribution in [1.82, 2.24) is 4.90 Å². The third kappa shape index (κ3) is 11.5. The molecule has 0 unspecified atom stereocenters. The normalized spacial score (nSPS) is 12.3. The summed E-state index contributed by atoms with van der Waals surface area (Å²) in [5, 5.41) is 11.4. The quantitative estimate of drug-likeness (QED) is 0.193. The summed E-state index contributed by atoms with van der Waals surface area (Å²) in [6, 6.07) is 0. The Kier molecular flexibility index (Phi) is 11.2. The lowest BCUT2D eigenvalue weighted by Gasteiger charge is -2.14. The number of rotatable bonds is 11. The van der Waals surface area contributed by atoms with Crippen molar-refractivity contribution in [3.8, 4) is 0 Å². The minimum atomic E-state index is 0.284. The largest absolute Gasteiger partial charge is 0.409 e. The first kappa shape index (κ1) is 16.2. The molecule has 17 heavy (non-hydrogen) atoms. The van der Waals surface area contributed by atoms with E-state index in [4.69, 9.17) is 10.9 Å². The number of likely N-dealkylation sites (N-methyl/N-ethyl adjacent to an activating group) is 1. The van der Waals surface area contributed by atoms with Crippen LogP contribution in [0.2, 0.25) is 0 Å². The summed E-state index contributed by atoms with van der Waals surface area (Å²) in [5.74, 6) is 0.284.